The Balaban J connectivity index is 1.68. The molecule has 0 saturated heterocycles. The molecule has 0 atom stereocenters. The molecule has 11 heteroatoms. The van der Waals surface area contributed by atoms with Crippen LogP contribution in [-0.2, 0) is 31.2 Å². The molecule has 0 radical (unpaired) electrons. The van der Waals surface area contributed by atoms with Crippen LogP contribution in [0.3, 0.4) is 0 Å². The molecule has 0 aliphatic heterocycles. The quantitative estimate of drug-likeness (QED) is 0.344. The minimum absolute atomic E-state index is 0.00666. The molecule has 3 N–H and O–H groups in total. The molecule has 0 bridgehead atoms. The second-order valence-corrected chi connectivity index (χ2v) is 10.8. The molecule has 1 amide bonds. The zero-order valence-corrected chi connectivity index (χ0v) is 19.8. The number of sulfonamides is 1. The number of nitrogens with two attached hydrogens (primary N) is 1. The number of furan rings is 2. The number of nitrogens with one attached hydrogen (secondary N) is 1. The zero-order valence-electron chi connectivity index (χ0n) is 18.1. The molecule has 0 unspecified atom stereocenters. The van der Waals surface area contributed by atoms with Crippen LogP contribution in [0.1, 0.15) is 11.5 Å². The van der Waals surface area contributed by atoms with Crippen molar-refractivity contribution in [2.75, 3.05) is 0 Å². The maximum absolute atomic E-state index is 13.3. The van der Waals surface area contributed by atoms with Crippen molar-refractivity contribution < 1.29 is 30.5 Å². The third-order valence-electron chi connectivity index (χ3n) is 4.94. The van der Waals surface area contributed by atoms with Crippen molar-refractivity contribution in [1.29, 1.82) is 0 Å². The first-order valence-electron chi connectivity index (χ1n) is 10.2. The normalized spacial score (nSPS) is 12.4. The lowest BCUT2D eigenvalue weighted by Gasteiger charge is -2.09. The van der Waals surface area contributed by atoms with Crippen LogP contribution >= 0.6 is 0 Å². The van der Waals surface area contributed by atoms with Gasteiger partial charge in [0, 0.05) is 11.6 Å². The number of sulfone groups is 1. The molecule has 4 aromatic rings. The second kappa shape index (κ2) is 9.74. The summed E-state index contributed by atoms with van der Waals surface area (Å²) in [5, 5.41) is 7.67. The summed E-state index contributed by atoms with van der Waals surface area (Å²) in [5.74, 6) is 0.0709. The molecule has 2 heterocycles. The van der Waals surface area contributed by atoms with Gasteiger partial charge >= 0.3 is 0 Å². The van der Waals surface area contributed by atoms with Crippen LogP contribution < -0.4 is 10.5 Å². The number of rotatable bonds is 8. The lowest BCUT2D eigenvalue weighted by molar-refractivity contribution is -0.117. The third kappa shape index (κ3) is 5.60. The van der Waals surface area contributed by atoms with Crippen molar-refractivity contribution in [2.24, 2.45) is 5.14 Å². The number of carbonyl (C=O) groups excluding carboxylic acids is 1. The van der Waals surface area contributed by atoms with Gasteiger partial charge < -0.3 is 14.2 Å². The van der Waals surface area contributed by atoms with E-state index in [-0.39, 0.29) is 22.1 Å². The summed E-state index contributed by atoms with van der Waals surface area (Å²) in [6.07, 6.45) is 2.58. The Kier molecular flexibility index (Phi) is 6.74. The van der Waals surface area contributed by atoms with Crippen LogP contribution in [0.5, 0.6) is 0 Å². The zero-order chi connectivity index (χ0) is 25.1. The number of benzene rings is 2. The van der Waals surface area contributed by atoms with Crippen molar-refractivity contribution in [2.45, 2.75) is 16.3 Å². The van der Waals surface area contributed by atoms with Crippen molar-refractivity contribution >= 4 is 31.8 Å². The number of carbonyl (C=O) groups is 1. The molecule has 0 aliphatic carbocycles. The molecule has 35 heavy (non-hydrogen) atoms. The van der Waals surface area contributed by atoms with Gasteiger partial charge in [-0.2, -0.15) is 0 Å². The summed E-state index contributed by atoms with van der Waals surface area (Å²) in [6.45, 7) is -0.00666. The van der Waals surface area contributed by atoms with Gasteiger partial charge in [-0.25, -0.2) is 22.0 Å². The molecule has 4 rings (SSSR count). The molecule has 2 aromatic heterocycles. The molecule has 9 nitrogen and oxygen atoms in total. The minimum Gasteiger partial charge on any atom is -0.467 e. The van der Waals surface area contributed by atoms with Gasteiger partial charge in [-0.15, -0.1) is 0 Å². The van der Waals surface area contributed by atoms with E-state index in [0.717, 1.165) is 6.08 Å². The lowest BCUT2D eigenvalue weighted by Crippen LogP contribution is -2.28. The third-order valence-corrected chi connectivity index (χ3v) is 7.64. The highest BCUT2D eigenvalue weighted by atomic mass is 32.2. The molecule has 0 fully saturated rings. The number of primary sulfonamides is 1. The Morgan fingerprint density at radius 3 is 2.20 bits per heavy atom. The van der Waals surface area contributed by atoms with Gasteiger partial charge in [0.05, 0.1) is 22.6 Å². The van der Waals surface area contributed by atoms with Crippen molar-refractivity contribution in [1.82, 2.24) is 5.32 Å². The molecule has 0 saturated carbocycles. The summed E-state index contributed by atoms with van der Waals surface area (Å²) in [6, 6.07) is 19.6. The summed E-state index contributed by atoms with van der Waals surface area (Å²) in [5.41, 5.74) is 0.534. The van der Waals surface area contributed by atoms with Crippen molar-refractivity contribution in [3.63, 3.8) is 0 Å². The van der Waals surface area contributed by atoms with E-state index in [1.807, 2.05) is 0 Å². The van der Waals surface area contributed by atoms with Crippen LogP contribution in [-0.4, -0.2) is 22.7 Å². The second-order valence-electron chi connectivity index (χ2n) is 7.36. The molecule has 2 aromatic carbocycles. The average Bonchev–Trinajstić information content (AvgIpc) is 3.53. The summed E-state index contributed by atoms with van der Waals surface area (Å²) >= 11 is 0. The summed E-state index contributed by atoms with van der Waals surface area (Å²) in [4.78, 5) is 12.3. The first kappa shape index (κ1) is 24.2. The highest BCUT2D eigenvalue weighted by Gasteiger charge is 2.27. The van der Waals surface area contributed by atoms with E-state index in [4.69, 9.17) is 14.0 Å². The van der Waals surface area contributed by atoms with E-state index < -0.39 is 30.7 Å². The Morgan fingerprint density at radius 2 is 1.57 bits per heavy atom. The van der Waals surface area contributed by atoms with Gasteiger partial charge in [0.25, 0.3) is 5.91 Å². The van der Waals surface area contributed by atoms with E-state index in [9.17, 15) is 21.6 Å². The number of hydrogen-bond acceptors (Lipinski definition) is 7. The predicted octanol–water partition coefficient (Wildman–Crippen LogP) is 3.32. The van der Waals surface area contributed by atoms with Crippen LogP contribution in [0, 0.1) is 0 Å². The Hall–Kier alpha value is -3.93. The Labute approximate surface area is 201 Å². The van der Waals surface area contributed by atoms with Gasteiger partial charge in [-0.1, -0.05) is 18.2 Å². The lowest BCUT2D eigenvalue weighted by atomic mass is 10.2. The largest absolute Gasteiger partial charge is 0.467 e. The first-order valence-corrected chi connectivity index (χ1v) is 13.2. The fraction of sp³-hybridized carbons (Fsp3) is 0.0417. The van der Waals surface area contributed by atoms with Gasteiger partial charge in [-0.05, 0) is 60.7 Å². The highest BCUT2D eigenvalue weighted by molar-refractivity contribution is 7.96. The maximum Gasteiger partial charge on any atom is 0.263 e. The van der Waals surface area contributed by atoms with E-state index in [2.05, 4.69) is 5.32 Å². The van der Waals surface area contributed by atoms with E-state index in [0.29, 0.717) is 17.1 Å². The van der Waals surface area contributed by atoms with E-state index in [1.165, 1.54) is 48.7 Å². The maximum atomic E-state index is 13.3. The summed E-state index contributed by atoms with van der Waals surface area (Å²) < 4.78 is 60.4. The van der Waals surface area contributed by atoms with Crippen LogP contribution in [0.4, 0.5) is 0 Å². The van der Waals surface area contributed by atoms with E-state index in [1.54, 1.807) is 36.4 Å². The van der Waals surface area contributed by atoms with Gasteiger partial charge in [-0.3, -0.25) is 4.79 Å². The van der Waals surface area contributed by atoms with Crippen LogP contribution in [0.25, 0.3) is 17.4 Å². The molecular weight excluding hydrogens is 492 g/mol. The van der Waals surface area contributed by atoms with E-state index >= 15 is 0 Å². The first-order chi connectivity index (χ1) is 16.6. The van der Waals surface area contributed by atoms with Crippen LogP contribution in [0.15, 0.2) is 109 Å². The smallest absolute Gasteiger partial charge is 0.263 e. The number of amides is 1. The van der Waals surface area contributed by atoms with Gasteiger partial charge in [0.15, 0.2) is 0 Å². The van der Waals surface area contributed by atoms with Crippen molar-refractivity contribution in [3.05, 3.63) is 102 Å². The van der Waals surface area contributed by atoms with Crippen LogP contribution in [0.2, 0.25) is 0 Å². The van der Waals surface area contributed by atoms with Gasteiger partial charge in [0.1, 0.15) is 22.2 Å². The fourth-order valence-electron chi connectivity index (χ4n) is 3.18. The molecular formula is C24H20N2O7S2. The fourth-order valence-corrected chi connectivity index (χ4v) is 5.06. The monoisotopic (exact) mass is 512 g/mol. The Bertz CT molecular complexity index is 1570. The average molecular weight is 513 g/mol. The topological polar surface area (TPSA) is 150 Å². The summed E-state index contributed by atoms with van der Waals surface area (Å²) in [7, 11) is -8.03. The predicted molar refractivity (Wildman–Crippen MR) is 128 cm³/mol. The standard InChI is InChI=1S/C24H20N2O7S2/c25-35(30,31)21-11-8-17(9-12-21)22-13-10-18(33-22)15-23(24(27)26-16-19-5-4-14-32-19)34(28,29)20-6-2-1-3-7-20/h1-15H,16H2,(H,26,27)(H2,25,30,31)/b23-15-. The molecule has 0 spiro atoms. The molecule has 180 valence electrons. The number of hydrogen-bond donors (Lipinski definition) is 2. The highest BCUT2D eigenvalue weighted by Crippen LogP contribution is 2.27. The minimum atomic E-state index is -4.19. The van der Waals surface area contributed by atoms with Gasteiger partial charge in [0.2, 0.25) is 19.9 Å². The SMILES string of the molecule is NS(=O)(=O)c1ccc(-c2ccc(/C=C(/C(=O)NCc3ccco3)S(=O)(=O)c3ccccc3)o2)cc1. The van der Waals surface area contributed by atoms with Crippen molar-refractivity contribution in [3.8, 4) is 11.3 Å². The molecule has 0 aliphatic rings. The Morgan fingerprint density at radius 1 is 0.857 bits per heavy atom.